The van der Waals surface area contributed by atoms with Gasteiger partial charge in [-0.25, -0.2) is 0 Å². The van der Waals surface area contributed by atoms with E-state index >= 15 is 0 Å². The van der Waals surface area contributed by atoms with Gasteiger partial charge in [-0.1, -0.05) is 12.2 Å². The molecule has 1 aromatic carbocycles. The predicted octanol–water partition coefficient (Wildman–Crippen LogP) is 3.45. The van der Waals surface area contributed by atoms with Gasteiger partial charge in [-0.05, 0) is 24.3 Å². The number of alkyl halides is 3. The van der Waals surface area contributed by atoms with Gasteiger partial charge >= 0.3 is 6.36 Å². The van der Waals surface area contributed by atoms with E-state index in [1.54, 1.807) is 6.08 Å². The Morgan fingerprint density at radius 1 is 1.06 bits per heavy atom. The molecule has 0 aliphatic rings. The zero-order valence-electron chi connectivity index (χ0n) is 8.78. The average Bonchev–Trinajstić information content (AvgIpc) is 2.25. The Kier molecular flexibility index (Phi) is 5.21. The maximum absolute atomic E-state index is 11.9. The van der Waals surface area contributed by atoms with Crippen molar-refractivity contribution in [1.82, 2.24) is 0 Å². The summed E-state index contributed by atoms with van der Waals surface area (Å²) < 4.78 is 44.5. The van der Waals surface area contributed by atoms with Crippen LogP contribution >= 0.6 is 12.6 Å². The Morgan fingerprint density at radius 3 is 2.18 bits per heavy atom. The number of hydrogen-bond donors (Lipinski definition) is 1. The number of rotatable bonds is 5. The quantitative estimate of drug-likeness (QED) is 0.648. The molecule has 0 unspecified atom stereocenters. The molecule has 0 aliphatic carbocycles. The Hall–Kier alpha value is -1.30. The largest absolute Gasteiger partial charge is 0.573 e. The molecule has 17 heavy (non-hydrogen) atoms. The maximum atomic E-state index is 11.9. The van der Waals surface area contributed by atoms with E-state index in [0.29, 0.717) is 18.1 Å². The molecule has 0 aliphatic heterocycles. The number of thiol groups is 1. The van der Waals surface area contributed by atoms with E-state index in [2.05, 4.69) is 17.4 Å². The van der Waals surface area contributed by atoms with Crippen LogP contribution in [0.15, 0.2) is 36.4 Å². The average molecular weight is 264 g/mol. The maximum Gasteiger partial charge on any atom is 0.573 e. The van der Waals surface area contributed by atoms with Crippen molar-refractivity contribution < 1.29 is 22.6 Å². The van der Waals surface area contributed by atoms with E-state index in [9.17, 15) is 13.2 Å². The van der Waals surface area contributed by atoms with Gasteiger partial charge in [0, 0.05) is 5.75 Å². The van der Waals surface area contributed by atoms with Crippen molar-refractivity contribution in [3.63, 3.8) is 0 Å². The molecule has 0 aromatic heterocycles. The smallest absolute Gasteiger partial charge is 0.490 e. The molecule has 0 spiro atoms. The van der Waals surface area contributed by atoms with Crippen molar-refractivity contribution in [2.45, 2.75) is 6.36 Å². The molecule has 0 saturated carbocycles. The van der Waals surface area contributed by atoms with E-state index in [1.807, 2.05) is 6.08 Å². The second kappa shape index (κ2) is 6.44. The molecule has 1 aromatic rings. The van der Waals surface area contributed by atoms with Crippen LogP contribution in [0.25, 0.3) is 0 Å². The summed E-state index contributed by atoms with van der Waals surface area (Å²) in [5, 5.41) is 0. The SMILES string of the molecule is FC(F)(F)Oc1ccc(OC/C=C/CS)cc1. The van der Waals surface area contributed by atoms with E-state index in [4.69, 9.17) is 4.74 Å². The third-order valence-corrected chi connectivity index (χ3v) is 1.89. The summed E-state index contributed by atoms with van der Waals surface area (Å²) in [6.07, 6.45) is -1.09. The first-order valence-electron chi connectivity index (χ1n) is 4.76. The molecule has 0 heterocycles. The third kappa shape index (κ3) is 6.11. The molecule has 0 saturated heterocycles. The van der Waals surface area contributed by atoms with E-state index in [1.165, 1.54) is 24.3 Å². The first-order chi connectivity index (χ1) is 8.01. The zero-order valence-corrected chi connectivity index (χ0v) is 9.67. The van der Waals surface area contributed by atoms with Crippen LogP contribution in [0, 0.1) is 0 Å². The standard InChI is InChI=1S/C11H11F3O2S/c12-11(13,14)16-10-5-3-9(4-6-10)15-7-1-2-8-17/h1-6,17H,7-8H2/b2-1+. The molecule has 0 atom stereocenters. The van der Waals surface area contributed by atoms with Crippen LogP contribution in [0.5, 0.6) is 11.5 Å². The second-order valence-electron chi connectivity index (χ2n) is 2.98. The molecule has 0 N–H and O–H groups in total. The van der Waals surface area contributed by atoms with Crippen molar-refractivity contribution in [2.75, 3.05) is 12.4 Å². The molecule has 0 fully saturated rings. The topological polar surface area (TPSA) is 18.5 Å². The molecule has 94 valence electrons. The second-order valence-corrected chi connectivity index (χ2v) is 3.35. The highest BCUT2D eigenvalue weighted by Gasteiger charge is 2.30. The Balaban J connectivity index is 2.47. The fraction of sp³-hybridized carbons (Fsp3) is 0.273. The number of halogens is 3. The van der Waals surface area contributed by atoms with E-state index in [0.717, 1.165) is 0 Å². The number of ether oxygens (including phenoxy) is 2. The summed E-state index contributed by atoms with van der Waals surface area (Å²) >= 11 is 3.97. The van der Waals surface area contributed by atoms with Gasteiger partial charge in [0.05, 0.1) is 0 Å². The Morgan fingerprint density at radius 2 is 1.65 bits per heavy atom. The fourth-order valence-electron chi connectivity index (χ4n) is 1.02. The number of hydrogen-bond acceptors (Lipinski definition) is 3. The van der Waals surface area contributed by atoms with Crippen LogP contribution in [0.4, 0.5) is 13.2 Å². The van der Waals surface area contributed by atoms with Crippen molar-refractivity contribution in [1.29, 1.82) is 0 Å². The monoisotopic (exact) mass is 264 g/mol. The summed E-state index contributed by atoms with van der Waals surface area (Å²) in [4.78, 5) is 0. The van der Waals surface area contributed by atoms with Crippen molar-refractivity contribution in [2.24, 2.45) is 0 Å². The normalized spacial score (nSPS) is 11.8. The van der Waals surface area contributed by atoms with Crippen LogP contribution in [-0.2, 0) is 0 Å². The predicted molar refractivity (Wildman–Crippen MR) is 61.6 cm³/mol. The summed E-state index contributed by atoms with van der Waals surface area (Å²) in [6, 6.07) is 5.22. The van der Waals surface area contributed by atoms with Crippen molar-refractivity contribution >= 4 is 12.6 Å². The van der Waals surface area contributed by atoms with Gasteiger partial charge in [-0.2, -0.15) is 12.6 Å². The summed E-state index contributed by atoms with van der Waals surface area (Å²) in [7, 11) is 0. The first-order valence-corrected chi connectivity index (χ1v) is 5.39. The lowest BCUT2D eigenvalue weighted by atomic mass is 10.3. The molecule has 6 heteroatoms. The highest BCUT2D eigenvalue weighted by molar-refractivity contribution is 7.80. The molecular formula is C11H11F3O2S. The van der Waals surface area contributed by atoms with Gasteiger partial charge in [0.15, 0.2) is 0 Å². The van der Waals surface area contributed by atoms with Gasteiger partial charge < -0.3 is 9.47 Å². The summed E-state index contributed by atoms with van der Waals surface area (Å²) in [5.41, 5.74) is 0. The van der Waals surface area contributed by atoms with Gasteiger partial charge in [0.25, 0.3) is 0 Å². The lowest BCUT2D eigenvalue weighted by Crippen LogP contribution is -2.16. The van der Waals surface area contributed by atoms with Crippen molar-refractivity contribution in [3.05, 3.63) is 36.4 Å². The lowest BCUT2D eigenvalue weighted by molar-refractivity contribution is -0.274. The molecule has 2 nitrogen and oxygen atoms in total. The zero-order chi connectivity index (χ0) is 12.7. The van der Waals surface area contributed by atoms with Gasteiger partial charge in [0.1, 0.15) is 18.1 Å². The van der Waals surface area contributed by atoms with Crippen LogP contribution in [-0.4, -0.2) is 18.7 Å². The molecule has 1 rings (SSSR count). The summed E-state index contributed by atoms with van der Waals surface area (Å²) in [5.74, 6) is 0.820. The Labute approximate surface area is 102 Å². The highest BCUT2D eigenvalue weighted by atomic mass is 32.1. The van der Waals surface area contributed by atoms with Crippen molar-refractivity contribution in [3.8, 4) is 11.5 Å². The minimum atomic E-state index is -4.67. The minimum absolute atomic E-state index is 0.268. The molecule has 0 radical (unpaired) electrons. The molecule has 0 bridgehead atoms. The summed E-state index contributed by atoms with van der Waals surface area (Å²) in [6.45, 7) is 0.347. The molecular weight excluding hydrogens is 253 g/mol. The minimum Gasteiger partial charge on any atom is -0.490 e. The number of benzene rings is 1. The molecule has 0 amide bonds. The van der Waals surface area contributed by atoms with Crippen LogP contribution < -0.4 is 9.47 Å². The highest BCUT2D eigenvalue weighted by Crippen LogP contribution is 2.24. The first kappa shape index (κ1) is 13.8. The van der Waals surface area contributed by atoms with Gasteiger partial charge in [-0.15, -0.1) is 13.2 Å². The van der Waals surface area contributed by atoms with Gasteiger partial charge in [-0.3, -0.25) is 0 Å². The van der Waals surface area contributed by atoms with Crippen LogP contribution in [0.2, 0.25) is 0 Å². The van der Waals surface area contributed by atoms with Crippen LogP contribution in [0.3, 0.4) is 0 Å². The Bertz CT molecular complexity index is 360. The fourth-order valence-corrected chi connectivity index (χ4v) is 1.17. The van der Waals surface area contributed by atoms with E-state index < -0.39 is 6.36 Å². The third-order valence-electron chi connectivity index (χ3n) is 1.68. The van der Waals surface area contributed by atoms with Crippen LogP contribution in [0.1, 0.15) is 0 Å². The van der Waals surface area contributed by atoms with E-state index in [-0.39, 0.29) is 5.75 Å². The van der Waals surface area contributed by atoms with Gasteiger partial charge in [0.2, 0.25) is 0 Å². The lowest BCUT2D eigenvalue weighted by Gasteiger charge is -2.09.